The fraction of sp³-hybridized carbons (Fsp3) is 0.286. The molecule has 5 atom stereocenters. The second-order valence-corrected chi connectivity index (χ2v) is 6.77. The van der Waals surface area contributed by atoms with Crippen LogP contribution in [0.15, 0.2) is 59.8 Å². The summed E-state index contributed by atoms with van der Waals surface area (Å²) in [4.78, 5) is 5.26. The molecular formula is C21H21NO6. The van der Waals surface area contributed by atoms with E-state index in [0.29, 0.717) is 0 Å². The number of hydrogen-bond acceptors (Lipinski definition) is 7. The van der Waals surface area contributed by atoms with Gasteiger partial charge in [-0.2, -0.15) is 0 Å². The fourth-order valence-electron chi connectivity index (χ4n) is 3.49. The van der Waals surface area contributed by atoms with Crippen LogP contribution in [0.2, 0.25) is 0 Å². The highest BCUT2D eigenvalue weighted by Crippen LogP contribution is 2.27. The summed E-state index contributed by atoms with van der Waals surface area (Å²) in [5, 5.41) is 47.0. The summed E-state index contributed by atoms with van der Waals surface area (Å²) in [6, 6.07) is 17.9. The first-order valence-electron chi connectivity index (χ1n) is 9.00. The summed E-state index contributed by atoms with van der Waals surface area (Å²) in [5.41, 5.74) is 0.846. The van der Waals surface area contributed by atoms with E-state index in [0.717, 1.165) is 27.1 Å². The van der Waals surface area contributed by atoms with E-state index < -0.39 is 37.3 Å². The van der Waals surface area contributed by atoms with Crippen LogP contribution in [0.5, 0.6) is 0 Å². The van der Waals surface area contributed by atoms with Gasteiger partial charge in [0.2, 0.25) is 0 Å². The molecule has 1 fully saturated rings. The lowest BCUT2D eigenvalue weighted by molar-refractivity contribution is -0.301. The van der Waals surface area contributed by atoms with Gasteiger partial charge in [0.15, 0.2) is 0 Å². The maximum atomic E-state index is 10.0. The number of rotatable bonds is 4. The molecule has 1 aliphatic heterocycles. The largest absolute Gasteiger partial charge is 0.394 e. The molecule has 7 heteroatoms. The first-order valence-corrected chi connectivity index (χ1v) is 9.00. The highest BCUT2D eigenvalue weighted by molar-refractivity contribution is 6.13. The lowest BCUT2D eigenvalue weighted by Crippen LogP contribution is -2.58. The van der Waals surface area contributed by atoms with Crippen molar-refractivity contribution in [3.63, 3.8) is 0 Å². The zero-order valence-electron chi connectivity index (χ0n) is 14.9. The molecule has 0 aliphatic carbocycles. The molecule has 28 heavy (non-hydrogen) atoms. The van der Waals surface area contributed by atoms with E-state index in [2.05, 4.69) is 11.2 Å². The van der Waals surface area contributed by atoms with Crippen molar-refractivity contribution >= 4 is 27.8 Å². The van der Waals surface area contributed by atoms with Crippen LogP contribution in [0, 0.1) is 0 Å². The van der Waals surface area contributed by atoms with E-state index in [1.165, 1.54) is 6.21 Å². The average Bonchev–Trinajstić information content (AvgIpc) is 2.73. The first-order chi connectivity index (χ1) is 13.6. The van der Waals surface area contributed by atoms with Gasteiger partial charge in [-0.3, -0.25) is 0 Å². The molecule has 0 amide bonds. The maximum Gasteiger partial charge on any atom is 0.256 e. The molecule has 1 aliphatic rings. The number of hydrogen-bond donors (Lipinski definition) is 4. The lowest BCUT2D eigenvalue weighted by Gasteiger charge is -2.38. The summed E-state index contributed by atoms with van der Waals surface area (Å²) >= 11 is 0. The number of aliphatic hydroxyl groups is 4. The second kappa shape index (κ2) is 7.83. The quantitative estimate of drug-likeness (QED) is 0.305. The molecular weight excluding hydrogens is 362 g/mol. The van der Waals surface area contributed by atoms with Crippen molar-refractivity contribution in [3.05, 3.63) is 60.2 Å². The van der Waals surface area contributed by atoms with Crippen LogP contribution in [-0.4, -0.2) is 64.0 Å². The first kappa shape index (κ1) is 18.8. The Morgan fingerprint density at radius 2 is 1.50 bits per heavy atom. The maximum absolute atomic E-state index is 10.0. The molecule has 4 rings (SSSR count). The van der Waals surface area contributed by atoms with E-state index in [1.807, 2.05) is 48.5 Å². The minimum atomic E-state index is -1.51. The van der Waals surface area contributed by atoms with Crippen molar-refractivity contribution in [2.45, 2.75) is 30.7 Å². The number of benzene rings is 3. The summed E-state index contributed by atoms with van der Waals surface area (Å²) in [5.74, 6) is 0. The fourth-order valence-corrected chi connectivity index (χ4v) is 3.49. The molecule has 4 N–H and O–H groups in total. The van der Waals surface area contributed by atoms with Crippen LogP contribution in [-0.2, 0) is 9.57 Å². The Bertz CT molecular complexity index is 951. The highest BCUT2D eigenvalue weighted by atomic mass is 16.8. The Labute approximate surface area is 161 Å². The summed E-state index contributed by atoms with van der Waals surface area (Å²) in [7, 11) is 0. The number of ether oxygens (including phenoxy) is 1. The highest BCUT2D eigenvalue weighted by Gasteiger charge is 2.44. The number of aliphatic hydroxyl groups excluding tert-OH is 4. The van der Waals surface area contributed by atoms with Gasteiger partial charge in [-0.25, -0.2) is 0 Å². The third kappa shape index (κ3) is 3.34. The molecule has 0 spiro atoms. The topological polar surface area (TPSA) is 112 Å². The third-order valence-electron chi connectivity index (χ3n) is 5.01. The van der Waals surface area contributed by atoms with Gasteiger partial charge in [0.25, 0.3) is 6.29 Å². The molecule has 0 bridgehead atoms. The van der Waals surface area contributed by atoms with E-state index >= 15 is 0 Å². The van der Waals surface area contributed by atoms with Gasteiger partial charge < -0.3 is 30.0 Å². The molecule has 0 radical (unpaired) electrons. The van der Waals surface area contributed by atoms with Crippen molar-refractivity contribution < 1.29 is 30.0 Å². The number of fused-ring (bicyclic) bond motifs is 2. The summed E-state index contributed by atoms with van der Waals surface area (Å²) in [6.07, 6.45) is -5.27. The van der Waals surface area contributed by atoms with Gasteiger partial charge in [-0.05, 0) is 27.6 Å². The summed E-state index contributed by atoms with van der Waals surface area (Å²) in [6.45, 7) is -0.525. The van der Waals surface area contributed by atoms with Crippen LogP contribution in [0.3, 0.4) is 0 Å². The van der Waals surface area contributed by atoms with E-state index in [9.17, 15) is 20.4 Å². The number of oxime groups is 1. The number of nitrogens with zero attached hydrogens (tertiary/aromatic N) is 1. The van der Waals surface area contributed by atoms with E-state index in [-0.39, 0.29) is 0 Å². The average molecular weight is 383 g/mol. The molecule has 7 nitrogen and oxygen atoms in total. The molecule has 1 heterocycles. The summed E-state index contributed by atoms with van der Waals surface area (Å²) < 4.78 is 5.30. The SMILES string of the molecule is OC[C@H]1O[C@@H](O/N=C/c2c3ccccc3cc3ccccc23)[C@H](O)[C@@H](O)[C@H]1O. The molecule has 0 saturated carbocycles. The monoisotopic (exact) mass is 383 g/mol. The zero-order chi connectivity index (χ0) is 19.7. The van der Waals surface area contributed by atoms with Crippen LogP contribution < -0.4 is 0 Å². The van der Waals surface area contributed by atoms with Gasteiger partial charge in [0, 0.05) is 5.56 Å². The standard InChI is InChI=1S/C21H21NO6/c23-11-17-18(24)19(25)20(26)21(27-17)28-22-10-16-14-7-3-1-5-12(14)9-13-6-2-4-8-15(13)16/h1-10,17-21,23-26H,11H2/b22-10+/t17-,18+,19+,20-,21+/m1/s1. The van der Waals surface area contributed by atoms with E-state index in [4.69, 9.17) is 9.57 Å². The van der Waals surface area contributed by atoms with Crippen molar-refractivity contribution in [1.82, 2.24) is 0 Å². The minimum absolute atomic E-state index is 0.525. The Hall–Kier alpha value is -2.55. The predicted octanol–water partition coefficient (Wildman–Crippen LogP) is 1.14. The third-order valence-corrected chi connectivity index (χ3v) is 5.01. The zero-order valence-corrected chi connectivity index (χ0v) is 14.9. The van der Waals surface area contributed by atoms with Gasteiger partial charge in [0.05, 0.1) is 12.8 Å². The molecule has 3 aromatic carbocycles. The van der Waals surface area contributed by atoms with Gasteiger partial charge in [-0.15, -0.1) is 0 Å². The van der Waals surface area contributed by atoms with Gasteiger partial charge in [0.1, 0.15) is 24.4 Å². The molecule has 0 unspecified atom stereocenters. The van der Waals surface area contributed by atoms with Crippen molar-refractivity contribution in [2.24, 2.45) is 5.16 Å². The Balaban J connectivity index is 1.65. The van der Waals surface area contributed by atoms with Crippen LogP contribution >= 0.6 is 0 Å². The van der Waals surface area contributed by atoms with E-state index in [1.54, 1.807) is 0 Å². The van der Waals surface area contributed by atoms with Crippen molar-refractivity contribution in [2.75, 3.05) is 6.61 Å². The molecule has 3 aromatic rings. The normalized spacial score (nSPS) is 28.2. The van der Waals surface area contributed by atoms with Gasteiger partial charge in [-0.1, -0.05) is 53.7 Å². The predicted molar refractivity (Wildman–Crippen MR) is 104 cm³/mol. The molecule has 146 valence electrons. The van der Waals surface area contributed by atoms with Crippen LogP contribution in [0.4, 0.5) is 0 Å². The molecule has 0 aromatic heterocycles. The smallest absolute Gasteiger partial charge is 0.256 e. The van der Waals surface area contributed by atoms with Crippen molar-refractivity contribution in [1.29, 1.82) is 0 Å². The van der Waals surface area contributed by atoms with Crippen LogP contribution in [0.1, 0.15) is 5.56 Å². The Kier molecular flexibility index (Phi) is 5.25. The second-order valence-electron chi connectivity index (χ2n) is 6.77. The Morgan fingerprint density at radius 1 is 0.893 bits per heavy atom. The van der Waals surface area contributed by atoms with Crippen molar-refractivity contribution in [3.8, 4) is 0 Å². The van der Waals surface area contributed by atoms with Crippen LogP contribution in [0.25, 0.3) is 21.5 Å². The minimum Gasteiger partial charge on any atom is -0.394 e. The lowest BCUT2D eigenvalue weighted by atomic mass is 9.97. The molecule has 1 saturated heterocycles. The Morgan fingerprint density at radius 3 is 2.11 bits per heavy atom. The van der Waals surface area contributed by atoms with Gasteiger partial charge >= 0.3 is 0 Å².